The molecule has 0 aliphatic heterocycles. The molecule has 2 aromatic carbocycles. The number of aromatic amines is 3. The predicted octanol–water partition coefficient (Wildman–Crippen LogP) is 4.09. The molecular weight excluding hydrogens is 440 g/mol. The summed E-state index contributed by atoms with van der Waals surface area (Å²) in [7, 11) is 0. The largest absolute Gasteiger partial charge is 0.348 e. The van der Waals surface area contributed by atoms with E-state index in [9.17, 15) is 14.4 Å². The zero-order valence-electron chi connectivity index (χ0n) is 19.4. The Morgan fingerprint density at radius 3 is 1.83 bits per heavy atom. The summed E-state index contributed by atoms with van der Waals surface area (Å²) in [4.78, 5) is 48.0. The topological polar surface area (TPSA) is 111 Å². The van der Waals surface area contributed by atoms with E-state index in [1.165, 1.54) is 5.56 Å². The smallest absolute Gasteiger partial charge is 0.323 e. The Morgan fingerprint density at radius 2 is 1.31 bits per heavy atom. The van der Waals surface area contributed by atoms with E-state index in [0.717, 1.165) is 60.2 Å². The highest BCUT2D eigenvalue weighted by Crippen LogP contribution is 2.28. The maximum absolute atomic E-state index is 12.3. The zero-order chi connectivity index (χ0) is 24.2. The predicted molar refractivity (Wildman–Crippen MR) is 133 cm³/mol. The number of Topliss-reactive ketones (excluding diaryl/α,β-unsaturated/α-hetero) is 2. The van der Waals surface area contributed by atoms with Crippen molar-refractivity contribution in [1.82, 2.24) is 19.9 Å². The lowest BCUT2D eigenvalue weighted by Gasteiger charge is -2.22. The second-order valence-corrected chi connectivity index (χ2v) is 9.27. The van der Waals surface area contributed by atoms with Gasteiger partial charge in [-0.15, -0.1) is 0 Å². The van der Waals surface area contributed by atoms with E-state index in [1.807, 2.05) is 42.5 Å². The summed E-state index contributed by atoms with van der Waals surface area (Å²) in [6, 6.07) is 15.7. The number of carbonyl (C=O) groups is 2. The van der Waals surface area contributed by atoms with Crippen molar-refractivity contribution in [3.05, 3.63) is 111 Å². The molecule has 0 saturated carbocycles. The van der Waals surface area contributed by atoms with Crippen LogP contribution < -0.4 is 5.69 Å². The van der Waals surface area contributed by atoms with Crippen molar-refractivity contribution in [2.45, 2.75) is 38.5 Å². The molecule has 0 amide bonds. The molecular formula is C28H28N4O3. The molecule has 2 aliphatic carbocycles. The van der Waals surface area contributed by atoms with Crippen LogP contribution in [-0.4, -0.2) is 31.5 Å². The number of hydrogen-bond donors (Lipinski definition) is 3. The molecule has 2 unspecified atom stereocenters. The van der Waals surface area contributed by atoms with Gasteiger partial charge < -0.3 is 15.0 Å². The molecule has 2 aromatic heterocycles. The monoisotopic (exact) mass is 468 g/mol. The highest BCUT2D eigenvalue weighted by molar-refractivity contribution is 6.00. The Kier molecular flexibility index (Phi) is 6.57. The van der Waals surface area contributed by atoms with Gasteiger partial charge in [-0.3, -0.25) is 9.59 Å². The van der Waals surface area contributed by atoms with Gasteiger partial charge in [0.15, 0.2) is 11.6 Å². The van der Waals surface area contributed by atoms with Gasteiger partial charge in [-0.2, -0.15) is 0 Å². The number of H-pyrrole nitrogens is 3. The fraction of sp³-hybridized carbons (Fsp3) is 0.286. The number of hydrogen-bond acceptors (Lipinski definition) is 4. The van der Waals surface area contributed by atoms with Crippen molar-refractivity contribution in [3.63, 3.8) is 0 Å². The van der Waals surface area contributed by atoms with Gasteiger partial charge in [0.05, 0.1) is 6.33 Å². The van der Waals surface area contributed by atoms with Gasteiger partial charge in [0.25, 0.3) is 0 Å². The van der Waals surface area contributed by atoms with Crippen LogP contribution in [0.25, 0.3) is 0 Å². The molecule has 7 nitrogen and oxygen atoms in total. The lowest BCUT2D eigenvalue weighted by molar-refractivity contribution is 0.0893. The number of fused-ring (bicyclic) bond motifs is 2. The third-order valence-electron chi connectivity index (χ3n) is 6.97. The van der Waals surface area contributed by atoms with Crippen LogP contribution in [0.5, 0.6) is 0 Å². The third kappa shape index (κ3) is 5.09. The molecule has 0 saturated heterocycles. The SMILES string of the molecule is O=C1c2ccccc2CCC1Cc1c[nH]c(=O)[nH]1.O=C1c2ccccc2CCC1Cc1cnc[nH]1. The van der Waals surface area contributed by atoms with Gasteiger partial charge in [0.2, 0.25) is 0 Å². The van der Waals surface area contributed by atoms with Crippen LogP contribution in [0.4, 0.5) is 0 Å². The molecule has 0 spiro atoms. The van der Waals surface area contributed by atoms with E-state index in [4.69, 9.17) is 0 Å². The summed E-state index contributed by atoms with van der Waals surface area (Å²) in [5.74, 6) is 0.553. The second kappa shape index (κ2) is 10.1. The Hall–Kier alpha value is -4.00. The lowest BCUT2D eigenvalue weighted by atomic mass is 9.81. The highest BCUT2D eigenvalue weighted by atomic mass is 16.1. The van der Waals surface area contributed by atoms with Crippen LogP contribution in [0.15, 0.2) is 72.0 Å². The van der Waals surface area contributed by atoms with Crippen molar-refractivity contribution in [2.24, 2.45) is 11.8 Å². The fourth-order valence-electron chi connectivity index (χ4n) is 5.12. The molecule has 2 aliphatic rings. The van der Waals surface area contributed by atoms with E-state index in [1.54, 1.807) is 18.7 Å². The first-order valence-corrected chi connectivity index (χ1v) is 12.1. The Labute approximate surface area is 203 Å². The normalized spacial score (nSPS) is 18.9. The van der Waals surface area contributed by atoms with E-state index in [0.29, 0.717) is 6.42 Å². The van der Waals surface area contributed by atoms with Crippen LogP contribution in [-0.2, 0) is 25.7 Å². The van der Waals surface area contributed by atoms with Crippen LogP contribution in [0.3, 0.4) is 0 Å². The molecule has 3 N–H and O–H groups in total. The summed E-state index contributed by atoms with van der Waals surface area (Å²) >= 11 is 0. The van der Waals surface area contributed by atoms with Crippen LogP contribution in [0.2, 0.25) is 0 Å². The number of aryl methyl sites for hydroxylation is 2. The van der Waals surface area contributed by atoms with E-state index in [-0.39, 0.29) is 29.1 Å². The van der Waals surface area contributed by atoms with E-state index in [2.05, 4.69) is 26.0 Å². The maximum Gasteiger partial charge on any atom is 0.323 e. The summed E-state index contributed by atoms with van der Waals surface area (Å²) in [5, 5.41) is 0. The Bertz CT molecular complexity index is 1380. The first-order valence-electron chi connectivity index (χ1n) is 12.1. The average molecular weight is 469 g/mol. The molecule has 2 heterocycles. The number of imidazole rings is 2. The summed E-state index contributed by atoms with van der Waals surface area (Å²) in [5.41, 5.74) is 5.71. The molecule has 2 atom stereocenters. The van der Waals surface area contributed by atoms with Crippen molar-refractivity contribution < 1.29 is 9.59 Å². The van der Waals surface area contributed by atoms with Gasteiger partial charge in [-0.25, -0.2) is 9.78 Å². The first-order chi connectivity index (χ1) is 17.1. The minimum absolute atomic E-state index is 0.0219. The average Bonchev–Trinajstić information content (AvgIpc) is 3.55. The minimum atomic E-state index is -0.214. The van der Waals surface area contributed by atoms with Gasteiger partial charge >= 0.3 is 5.69 Å². The molecule has 0 bridgehead atoms. The lowest BCUT2D eigenvalue weighted by Crippen LogP contribution is -2.24. The summed E-state index contributed by atoms with van der Waals surface area (Å²) < 4.78 is 0. The van der Waals surface area contributed by atoms with Gasteiger partial charge in [0.1, 0.15) is 0 Å². The van der Waals surface area contributed by atoms with E-state index >= 15 is 0 Å². The van der Waals surface area contributed by atoms with Crippen LogP contribution >= 0.6 is 0 Å². The van der Waals surface area contributed by atoms with Crippen LogP contribution in [0, 0.1) is 11.8 Å². The number of rotatable bonds is 4. The zero-order valence-corrected chi connectivity index (χ0v) is 19.4. The molecule has 0 radical (unpaired) electrons. The first kappa shape index (κ1) is 22.8. The minimum Gasteiger partial charge on any atom is -0.348 e. The third-order valence-corrected chi connectivity index (χ3v) is 6.97. The molecule has 4 aromatic rings. The van der Waals surface area contributed by atoms with Crippen molar-refractivity contribution in [2.75, 3.05) is 0 Å². The van der Waals surface area contributed by atoms with Crippen LogP contribution in [0.1, 0.15) is 56.1 Å². The number of carbonyl (C=O) groups excluding carboxylic acids is 2. The van der Waals surface area contributed by atoms with Gasteiger partial charge in [-0.1, -0.05) is 48.5 Å². The quantitative estimate of drug-likeness (QED) is 0.419. The number of nitrogens with one attached hydrogen (secondary N) is 3. The molecule has 7 heteroatoms. The molecule has 35 heavy (non-hydrogen) atoms. The Morgan fingerprint density at radius 1 is 0.743 bits per heavy atom. The number of ketones is 2. The number of aromatic nitrogens is 4. The summed E-state index contributed by atoms with van der Waals surface area (Å²) in [6.07, 6.45) is 10.2. The van der Waals surface area contributed by atoms with Gasteiger partial charge in [-0.05, 0) is 49.7 Å². The number of nitrogens with zero attached hydrogens (tertiary/aromatic N) is 1. The Balaban J connectivity index is 0.000000145. The fourth-order valence-corrected chi connectivity index (χ4v) is 5.12. The van der Waals surface area contributed by atoms with Crippen molar-refractivity contribution >= 4 is 11.6 Å². The molecule has 6 rings (SSSR count). The summed E-state index contributed by atoms with van der Waals surface area (Å²) in [6.45, 7) is 0. The van der Waals surface area contributed by atoms with Crippen molar-refractivity contribution in [1.29, 1.82) is 0 Å². The van der Waals surface area contributed by atoms with Crippen molar-refractivity contribution in [3.8, 4) is 0 Å². The molecule has 0 fully saturated rings. The highest BCUT2D eigenvalue weighted by Gasteiger charge is 2.28. The second-order valence-electron chi connectivity index (χ2n) is 9.27. The van der Waals surface area contributed by atoms with Gasteiger partial charge in [0, 0.05) is 46.7 Å². The maximum atomic E-state index is 12.3. The number of benzene rings is 2. The standard InChI is InChI=1S/C14H14N2O2.C14H14N2O/c17-13-10(7-11-8-15-14(18)16-11)6-5-9-3-1-2-4-12(9)13;17-14-11(7-12-8-15-9-16-12)6-5-10-3-1-2-4-13(10)14/h1-4,8,10H,5-7H2,(H2,15,16,18);1-4,8-9,11H,5-7H2,(H,15,16). The van der Waals surface area contributed by atoms with E-state index < -0.39 is 0 Å². The molecule has 178 valence electrons.